The molecule has 2 heterocycles. The molecule has 0 saturated heterocycles. The topological polar surface area (TPSA) is 141 Å². The van der Waals surface area contributed by atoms with Gasteiger partial charge in [-0.15, -0.1) is 0 Å². The number of anilines is 3. The van der Waals surface area contributed by atoms with Crippen molar-refractivity contribution in [1.29, 1.82) is 0 Å². The molecule has 0 saturated carbocycles. The smallest absolute Gasteiger partial charge is 0.323 e. The Balaban J connectivity index is 1.31. The van der Waals surface area contributed by atoms with Crippen LogP contribution in [0.25, 0.3) is 10.8 Å². The molecule has 0 radical (unpaired) electrons. The van der Waals surface area contributed by atoms with Crippen LogP contribution in [-0.2, 0) is 10.0 Å². The van der Waals surface area contributed by atoms with Gasteiger partial charge in [-0.2, -0.15) is 4.31 Å². The summed E-state index contributed by atoms with van der Waals surface area (Å²) >= 11 is 0. The molecular weight excluding hydrogens is 646 g/mol. The molecule has 12 nitrogen and oxygen atoms in total. The molecule has 3 atom stereocenters. The number of sulfonamides is 1. The lowest BCUT2D eigenvalue weighted by molar-refractivity contribution is 0.0389. The fourth-order valence-corrected chi connectivity index (χ4v) is 7.24. The van der Waals surface area contributed by atoms with Crippen molar-refractivity contribution < 1.29 is 32.6 Å². The maximum atomic E-state index is 13.9. The molecule has 2 aliphatic rings. The Kier molecular flexibility index (Phi) is 9.25. The fourth-order valence-electron chi connectivity index (χ4n) is 6.04. The molecule has 0 fully saturated rings. The van der Waals surface area contributed by atoms with E-state index in [0.29, 0.717) is 23.0 Å². The number of carbonyl (C=O) groups excluding carboxylic acids is 2. The predicted molar refractivity (Wildman–Crippen MR) is 189 cm³/mol. The average Bonchev–Trinajstić information content (AvgIpc) is 3.38. The van der Waals surface area contributed by atoms with E-state index in [0.717, 1.165) is 10.8 Å². The minimum atomic E-state index is -4.02. The number of rotatable bonds is 8. The van der Waals surface area contributed by atoms with Crippen molar-refractivity contribution >= 4 is 49.8 Å². The predicted octanol–water partition coefficient (Wildman–Crippen LogP) is 5.32. The second-order valence-corrected chi connectivity index (χ2v) is 14.4. The quantitative estimate of drug-likeness (QED) is 0.226. The van der Waals surface area contributed by atoms with Crippen molar-refractivity contribution in [1.82, 2.24) is 9.21 Å². The molecule has 256 valence electrons. The van der Waals surface area contributed by atoms with Gasteiger partial charge in [-0.3, -0.25) is 4.79 Å². The van der Waals surface area contributed by atoms with Crippen LogP contribution in [0.15, 0.2) is 96.2 Å². The zero-order chi connectivity index (χ0) is 35.0. The third-order valence-electron chi connectivity index (χ3n) is 9.02. The van der Waals surface area contributed by atoms with Crippen molar-refractivity contribution in [3.63, 3.8) is 0 Å². The standard InChI is InChI=1S/C36H39N5O7S/c1-22-19-41(23(2)21-42)35(43)28-13-9-15-30(38-36(44)37-29-14-8-11-25-10-6-7-12-27(25)29)34(28)48-33(22)20-39(4)49(45,46)26-16-17-31-32(18-26)47-24(3)40(31)5/h6-18,22-23,33,42H,3,19-21H2,1-2,4-5H3,(H2,37,38,44). The Morgan fingerprint density at radius 1 is 1.06 bits per heavy atom. The number of amides is 3. The largest absolute Gasteiger partial charge is 0.486 e. The number of nitrogens with one attached hydrogen (secondary N) is 2. The van der Waals surface area contributed by atoms with Gasteiger partial charge in [0, 0.05) is 38.0 Å². The number of hydrogen-bond donors (Lipinski definition) is 3. The van der Waals surface area contributed by atoms with Gasteiger partial charge in [0.15, 0.2) is 17.4 Å². The first-order valence-corrected chi connectivity index (χ1v) is 17.3. The zero-order valence-electron chi connectivity index (χ0n) is 27.7. The molecule has 0 bridgehead atoms. The normalized spacial score (nSPS) is 18.2. The van der Waals surface area contributed by atoms with Crippen LogP contribution in [0.4, 0.5) is 21.9 Å². The highest BCUT2D eigenvalue weighted by molar-refractivity contribution is 7.89. The Labute approximate surface area is 285 Å². The number of fused-ring (bicyclic) bond motifs is 3. The molecule has 2 aliphatic heterocycles. The molecule has 3 amide bonds. The maximum absolute atomic E-state index is 13.9. The van der Waals surface area contributed by atoms with Gasteiger partial charge < -0.3 is 35.0 Å². The SMILES string of the molecule is C=C1Oc2cc(S(=O)(=O)N(C)CC3Oc4c(NC(=O)Nc5cccc6ccccc56)cccc4C(=O)N(C(C)CO)CC3C)ccc2N1C. The van der Waals surface area contributed by atoms with E-state index in [4.69, 9.17) is 9.47 Å². The number of aliphatic hydroxyl groups is 1. The van der Waals surface area contributed by atoms with E-state index in [2.05, 4.69) is 17.2 Å². The number of aliphatic hydroxyl groups excluding tert-OH is 1. The summed E-state index contributed by atoms with van der Waals surface area (Å²) in [5.74, 6) is 0.105. The Hall–Kier alpha value is -5.11. The number of hydrogen-bond acceptors (Lipinski definition) is 8. The monoisotopic (exact) mass is 685 g/mol. The summed E-state index contributed by atoms with van der Waals surface area (Å²) in [6.45, 7) is 7.26. The zero-order valence-corrected chi connectivity index (χ0v) is 28.5. The summed E-state index contributed by atoms with van der Waals surface area (Å²) in [5.41, 5.74) is 1.70. The molecule has 0 aliphatic carbocycles. The summed E-state index contributed by atoms with van der Waals surface area (Å²) in [4.78, 5) is 30.6. The Morgan fingerprint density at radius 3 is 2.53 bits per heavy atom. The van der Waals surface area contributed by atoms with Gasteiger partial charge in [0.1, 0.15) is 6.10 Å². The molecule has 0 spiro atoms. The van der Waals surface area contributed by atoms with Gasteiger partial charge >= 0.3 is 6.03 Å². The maximum Gasteiger partial charge on any atom is 0.323 e. The van der Waals surface area contributed by atoms with E-state index in [-0.39, 0.29) is 53.4 Å². The Morgan fingerprint density at radius 2 is 1.76 bits per heavy atom. The molecule has 6 rings (SSSR count). The molecule has 13 heteroatoms. The van der Waals surface area contributed by atoms with Crippen molar-refractivity contribution in [2.75, 3.05) is 49.3 Å². The van der Waals surface area contributed by atoms with E-state index < -0.39 is 28.2 Å². The van der Waals surface area contributed by atoms with E-state index in [1.807, 2.05) is 43.3 Å². The summed E-state index contributed by atoms with van der Waals surface area (Å²) in [7, 11) is -0.776. The van der Waals surface area contributed by atoms with Gasteiger partial charge in [-0.05, 0) is 49.2 Å². The molecule has 3 N–H and O–H groups in total. The van der Waals surface area contributed by atoms with Gasteiger partial charge in [-0.1, -0.05) is 49.4 Å². The Bertz CT molecular complexity index is 2050. The van der Waals surface area contributed by atoms with Gasteiger partial charge in [0.05, 0.1) is 46.7 Å². The van der Waals surface area contributed by atoms with Crippen molar-refractivity contribution in [2.45, 2.75) is 30.9 Å². The number of ether oxygens (including phenoxy) is 2. The summed E-state index contributed by atoms with van der Waals surface area (Å²) in [6.07, 6.45) is -0.763. The minimum Gasteiger partial charge on any atom is -0.486 e. The van der Waals surface area contributed by atoms with Crippen LogP contribution in [-0.4, -0.2) is 80.6 Å². The highest BCUT2D eigenvalue weighted by atomic mass is 32.2. The molecule has 49 heavy (non-hydrogen) atoms. The lowest BCUT2D eigenvalue weighted by atomic mass is 9.99. The highest BCUT2D eigenvalue weighted by Gasteiger charge is 2.37. The second kappa shape index (κ2) is 13.4. The highest BCUT2D eigenvalue weighted by Crippen LogP contribution is 2.40. The molecule has 3 unspecified atom stereocenters. The summed E-state index contributed by atoms with van der Waals surface area (Å²) < 4.78 is 41.1. The number of para-hydroxylation sites is 1. The van der Waals surface area contributed by atoms with Crippen LogP contribution in [0.1, 0.15) is 24.2 Å². The van der Waals surface area contributed by atoms with Crippen LogP contribution >= 0.6 is 0 Å². The first-order chi connectivity index (χ1) is 23.4. The van der Waals surface area contributed by atoms with Gasteiger partial charge in [-0.25, -0.2) is 13.2 Å². The first kappa shape index (κ1) is 33.8. The molecule has 4 aromatic rings. The number of benzene rings is 4. The lowest BCUT2D eigenvalue weighted by Gasteiger charge is -2.38. The lowest BCUT2D eigenvalue weighted by Crippen LogP contribution is -2.50. The van der Waals surface area contributed by atoms with Crippen LogP contribution in [0, 0.1) is 5.92 Å². The minimum absolute atomic E-state index is 0.0360. The summed E-state index contributed by atoms with van der Waals surface area (Å²) in [6, 6.07) is 21.6. The van der Waals surface area contributed by atoms with E-state index in [1.54, 1.807) is 54.1 Å². The van der Waals surface area contributed by atoms with Crippen LogP contribution in [0.5, 0.6) is 11.5 Å². The van der Waals surface area contributed by atoms with Crippen LogP contribution < -0.4 is 25.0 Å². The fraction of sp³-hybridized carbons (Fsp3) is 0.278. The average molecular weight is 686 g/mol. The first-order valence-electron chi connectivity index (χ1n) is 15.9. The van der Waals surface area contributed by atoms with E-state index in [1.165, 1.54) is 23.5 Å². The van der Waals surface area contributed by atoms with Gasteiger partial charge in [0.25, 0.3) is 5.91 Å². The van der Waals surface area contributed by atoms with Crippen LogP contribution in [0.3, 0.4) is 0 Å². The second-order valence-electron chi connectivity index (χ2n) is 12.4. The number of nitrogens with zero attached hydrogens (tertiary/aromatic N) is 3. The number of likely N-dealkylation sites (N-methyl/N-ethyl adjacent to an activating group) is 1. The van der Waals surface area contributed by atoms with Crippen molar-refractivity contribution in [3.8, 4) is 11.5 Å². The number of carbonyl (C=O) groups is 2. The summed E-state index contributed by atoms with van der Waals surface area (Å²) in [5, 5.41) is 17.6. The van der Waals surface area contributed by atoms with E-state index in [9.17, 15) is 23.1 Å². The van der Waals surface area contributed by atoms with Crippen molar-refractivity contribution in [3.05, 3.63) is 96.9 Å². The van der Waals surface area contributed by atoms with Crippen LogP contribution in [0.2, 0.25) is 0 Å². The van der Waals surface area contributed by atoms with E-state index >= 15 is 0 Å². The number of urea groups is 1. The third kappa shape index (κ3) is 6.52. The molecular formula is C36H39N5O7S. The third-order valence-corrected chi connectivity index (χ3v) is 10.8. The van der Waals surface area contributed by atoms with Gasteiger partial charge in [0.2, 0.25) is 10.0 Å². The van der Waals surface area contributed by atoms with Crippen molar-refractivity contribution in [2.24, 2.45) is 5.92 Å². The molecule has 4 aromatic carbocycles. The molecule has 0 aromatic heterocycles.